The minimum atomic E-state index is -0.201. The lowest BCUT2D eigenvalue weighted by molar-refractivity contribution is -0.146. The largest absolute Gasteiger partial charge is 0.469 e. The van der Waals surface area contributed by atoms with E-state index in [4.69, 9.17) is 4.74 Å². The summed E-state index contributed by atoms with van der Waals surface area (Å²) in [6.45, 7) is 2.88. The molecular weight excluding hydrogens is 296 g/mol. The second-order valence-electron chi connectivity index (χ2n) is 5.57. The zero-order valence-electron chi connectivity index (χ0n) is 13.5. The number of carbonyl (C=O) groups is 3. The van der Waals surface area contributed by atoms with Gasteiger partial charge in [0.05, 0.1) is 13.0 Å². The number of rotatable bonds is 4. The van der Waals surface area contributed by atoms with Gasteiger partial charge >= 0.3 is 5.97 Å². The van der Waals surface area contributed by atoms with Gasteiger partial charge in [-0.05, 0) is 37.1 Å². The molecule has 0 bridgehead atoms. The normalized spacial score (nSPS) is 15.1. The zero-order valence-corrected chi connectivity index (χ0v) is 13.5. The van der Waals surface area contributed by atoms with Crippen LogP contribution in [0.5, 0.6) is 0 Å². The average molecular weight is 318 g/mol. The zero-order chi connectivity index (χ0) is 16.8. The van der Waals surface area contributed by atoms with E-state index in [9.17, 15) is 14.4 Å². The van der Waals surface area contributed by atoms with Crippen molar-refractivity contribution in [2.45, 2.75) is 26.2 Å². The number of likely N-dealkylation sites (tertiary alicyclic amines) is 1. The molecule has 6 heteroatoms. The number of amides is 2. The summed E-state index contributed by atoms with van der Waals surface area (Å²) in [7, 11) is 1.39. The smallest absolute Gasteiger partial charge is 0.308 e. The Balaban J connectivity index is 1.93. The van der Waals surface area contributed by atoms with Gasteiger partial charge < -0.3 is 15.0 Å². The second-order valence-corrected chi connectivity index (χ2v) is 5.57. The molecule has 0 saturated carbocycles. The molecule has 1 fully saturated rings. The molecule has 0 unspecified atom stereocenters. The van der Waals surface area contributed by atoms with Gasteiger partial charge in [-0.15, -0.1) is 0 Å². The monoisotopic (exact) mass is 318 g/mol. The number of esters is 1. The summed E-state index contributed by atoms with van der Waals surface area (Å²) in [5, 5.41) is 2.75. The van der Waals surface area contributed by atoms with Crippen LogP contribution in [0, 0.1) is 5.92 Å². The van der Waals surface area contributed by atoms with Crippen molar-refractivity contribution in [1.82, 2.24) is 4.90 Å². The van der Waals surface area contributed by atoms with Crippen molar-refractivity contribution in [3.05, 3.63) is 29.8 Å². The maximum atomic E-state index is 12.5. The maximum Gasteiger partial charge on any atom is 0.308 e. The van der Waals surface area contributed by atoms with Gasteiger partial charge in [-0.2, -0.15) is 0 Å². The van der Waals surface area contributed by atoms with Crippen molar-refractivity contribution in [2.75, 3.05) is 25.5 Å². The fourth-order valence-corrected chi connectivity index (χ4v) is 2.61. The van der Waals surface area contributed by atoms with E-state index >= 15 is 0 Å². The van der Waals surface area contributed by atoms with Crippen molar-refractivity contribution >= 4 is 23.5 Å². The van der Waals surface area contributed by atoms with Gasteiger partial charge in [0.1, 0.15) is 0 Å². The fourth-order valence-electron chi connectivity index (χ4n) is 2.61. The van der Waals surface area contributed by atoms with Crippen LogP contribution in [0.1, 0.15) is 36.5 Å². The number of methoxy groups -OCH3 is 1. The van der Waals surface area contributed by atoms with Crippen LogP contribution in [0.2, 0.25) is 0 Å². The predicted octanol–water partition coefficient (Wildman–Crippen LogP) is 2.06. The van der Waals surface area contributed by atoms with Crippen LogP contribution in [0.3, 0.4) is 0 Å². The molecule has 23 heavy (non-hydrogen) atoms. The van der Waals surface area contributed by atoms with Gasteiger partial charge in [-0.3, -0.25) is 14.4 Å². The summed E-state index contributed by atoms with van der Waals surface area (Å²) >= 11 is 0. The summed E-state index contributed by atoms with van der Waals surface area (Å²) in [5.74, 6) is -0.431. The number of anilines is 1. The molecular formula is C17H22N2O4. The first kappa shape index (κ1) is 17.0. The number of benzene rings is 1. The van der Waals surface area contributed by atoms with Crippen molar-refractivity contribution in [1.29, 1.82) is 0 Å². The number of carbonyl (C=O) groups excluding carboxylic acids is 3. The van der Waals surface area contributed by atoms with Crippen LogP contribution in [-0.4, -0.2) is 42.9 Å². The molecule has 0 aliphatic carbocycles. The molecule has 0 radical (unpaired) electrons. The molecule has 1 aliphatic heterocycles. The van der Waals surface area contributed by atoms with E-state index in [1.54, 1.807) is 36.1 Å². The highest BCUT2D eigenvalue weighted by Gasteiger charge is 2.28. The van der Waals surface area contributed by atoms with E-state index in [0.29, 0.717) is 43.6 Å². The Labute approximate surface area is 135 Å². The van der Waals surface area contributed by atoms with Crippen LogP contribution in [0.15, 0.2) is 24.3 Å². The number of nitrogens with one attached hydrogen (secondary N) is 1. The number of ether oxygens (including phenoxy) is 1. The SMILES string of the molecule is CCC(=O)Nc1ccc(C(=O)N2CCC(C(=O)OC)CC2)cc1. The summed E-state index contributed by atoms with van der Waals surface area (Å²) in [6, 6.07) is 6.87. The van der Waals surface area contributed by atoms with E-state index in [0.717, 1.165) is 0 Å². The lowest BCUT2D eigenvalue weighted by Crippen LogP contribution is -2.40. The Bertz CT molecular complexity index is 575. The molecule has 1 aromatic rings. The van der Waals surface area contributed by atoms with Crippen LogP contribution >= 0.6 is 0 Å². The molecule has 0 spiro atoms. The van der Waals surface area contributed by atoms with E-state index in [1.807, 2.05) is 0 Å². The molecule has 1 heterocycles. The summed E-state index contributed by atoms with van der Waals surface area (Å²) in [4.78, 5) is 37.0. The van der Waals surface area contributed by atoms with Crippen LogP contribution < -0.4 is 5.32 Å². The lowest BCUT2D eigenvalue weighted by atomic mass is 9.96. The molecule has 1 aromatic carbocycles. The van der Waals surface area contributed by atoms with Crippen molar-refractivity contribution in [3.63, 3.8) is 0 Å². The third-order valence-electron chi connectivity index (χ3n) is 4.05. The van der Waals surface area contributed by atoms with Crippen molar-refractivity contribution in [3.8, 4) is 0 Å². The molecule has 2 rings (SSSR count). The fraction of sp³-hybridized carbons (Fsp3) is 0.471. The van der Waals surface area contributed by atoms with Crippen molar-refractivity contribution in [2.24, 2.45) is 5.92 Å². The molecule has 0 atom stereocenters. The number of nitrogens with zero attached hydrogens (tertiary/aromatic N) is 1. The molecule has 124 valence electrons. The average Bonchev–Trinajstić information content (AvgIpc) is 2.61. The molecule has 1 aliphatic rings. The molecule has 0 aromatic heterocycles. The Kier molecular flexibility index (Phi) is 5.73. The van der Waals surface area contributed by atoms with E-state index < -0.39 is 0 Å². The molecule has 1 saturated heterocycles. The second kappa shape index (κ2) is 7.76. The first-order chi connectivity index (χ1) is 11.0. The van der Waals surface area contributed by atoms with E-state index in [2.05, 4.69) is 5.32 Å². The third-order valence-corrected chi connectivity index (χ3v) is 4.05. The Morgan fingerprint density at radius 2 is 1.78 bits per heavy atom. The van der Waals surface area contributed by atoms with Gasteiger partial charge in [-0.1, -0.05) is 6.92 Å². The van der Waals surface area contributed by atoms with Crippen LogP contribution in [0.4, 0.5) is 5.69 Å². The quantitative estimate of drug-likeness (QED) is 0.862. The third kappa shape index (κ3) is 4.31. The highest BCUT2D eigenvalue weighted by atomic mass is 16.5. The highest BCUT2D eigenvalue weighted by Crippen LogP contribution is 2.20. The van der Waals surface area contributed by atoms with Crippen LogP contribution in [0.25, 0.3) is 0 Å². The standard InChI is InChI=1S/C17H22N2O4/c1-3-15(20)18-14-6-4-12(5-7-14)16(21)19-10-8-13(9-11-19)17(22)23-2/h4-7,13H,3,8-11H2,1-2H3,(H,18,20). The van der Waals surface area contributed by atoms with Gasteiger partial charge in [0.25, 0.3) is 5.91 Å². The summed E-state index contributed by atoms with van der Waals surface area (Å²) in [6.07, 6.45) is 1.67. The van der Waals surface area contributed by atoms with Crippen molar-refractivity contribution < 1.29 is 19.1 Å². The predicted molar refractivity (Wildman–Crippen MR) is 86.0 cm³/mol. The van der Waals surface area contributed by atoms with E-state index in [-0.39, 0.29) is 23.7 Å². The lowest BCUT2D eigenvalue weighted by Gasteiger charge is -2.30. The van der Waals surface area contributed by atoms with Gasteiger partial charge in [0.2, 0.25) is 5.91 Å². The summed E-state index contributed by atoms with van der Waals surface area (Å²) in [5.41, 5.74) is 1.26. The molecule has 2 amide bonds. The Hall–Kier alpha value is -2.37. The van der Waals surface area contributed by atoms with Gasteiger partial charge in [0, 0.05) is 30.8 Å². The Morgan fingerprint density at radius 1 is 1.17 bits per heavy atom. The first-order valence-corrected chi connectivity index (χ1v) is 7.82. The molecule has 1 N–H and O–H groups in total. The van der Waals surface area contributed by atoms with Gasteiger partial charge in [0.15, 0.2) is 0 Å². The molecule has 6 nitrogen and oxygen atoms in total. The minimum absolute atomic E-state index is 0.0540. The first-order valence-electron chi connectivity index (χ1n) is 7.82. The summed E-state index contributed by atoms with van der Waals surface area (Å²) < 4.78 is 4.75. The topological polar surface area (TPSA) is 75.7 Å². The Morgan fingerprint density at radius 3 is 2.30 bits per heavy atom. The number of hydrogen-bond acceptors (Lipinski definition) is 4. The number of piperidine rings is 1. The number of hydrogen-bond donors (Lipinski definition) is 1. The van der Waals surface area contributed by atoms with Crippen LogP contribution in [-0.2, 0) is 14.3 Å². The van der Waals surface area contributed by atoms with Gasteiger partial charge in [-0.25, -0.2) is 0 Å². The van der Waals surface area contributed by atoms with E-state index in [1.165, 1.54) is 7.11 Å². The minimum Gasteiger partial charge on any atom is -0.469 e. The highest BCUT2D eigenvalue weighted by molar-refractivity contribution is 5.96. The maximum absolute atomic E-state index is 12.5.